The minimum absolute atomic E-state index is 0.120. The summed E-state index contributed by atoms with van der Waals surface area (Å²) < 4.78 is 7.37. The third-order valence-corrected chi connectivity index (χ3v) is 4.62. The van der Waals surface area contributed by atoms with Gasteiger partial charge < -0.3 is 14.2 Å². The number of carbonyl (C=O) groups excluding carboxylic acids is 1. The van der Waals surface area contributed by atoms with Crippen molar-refractivity contribution < 1.29 is 9.53 Å². The Kier molecular flexibility index (Phi) is 5.60. The van der Waals surface area contributed by atoms with Crippen molar-refractivity contribution in [2.24, 2.45) is 7.05 Å². The lowest BCUT2D eigenvalue weighted by atomic mass is 10.1. The summed E-state index contributed by atoms with van der Waals surface area (Å²) in [6.45, 7) is 4.52. The second-order valence-corrected chi connectivity index (χ2v) is 6.54. The molecule has 2 aromatic carbocycles. The summed E-state index contributed by atoms with van der Waals surface area (Å²) in [4.78, 5) is 26.8. The molecule has 140 valence electrons. The van der Waals surface area contributed by atoms with E-state index < -0.39 is 0 Å². The Hall–Kier alpha value is -3.08. The molecule has 0 atom stereocenters. The van der Waals surface area contributed by atoms with E-state index in [1.54, 1.807) is 16.5 Å². The SMILES string of the molecule is CCCN(C(=O)COc1cc(=O)n(C)c2ccccc12)c1ccccc1C. The number of benzene rings is 2. The molecule has 0 bridgehead atoms. The molecule has 3 rings (SSSR count). The molecular formula is C22H24N2O3. The van der Waals surface area contributed by atoms with Gasteiger partial charge in [0.05, 0.1) is 5.52 Å². The maximum atomic E-state index is 12.9. The van der Waals surface area contributed by atoms with Crippen molar-refractivity contribution in [3.63, 3.8) is 0 Å². The predicted molar refractivity (Wildman–Crippen MR) is 109 cm³/mol. The molecule has 27 heavy (non-hydrogen) atoms. The van der Waals surface area contributed by atoms with Gasteiger partial charge in [0.2, 0.25) is 0 Å². The number of aromatic nitrogens is 1. The van der Waals surface area contributed by atoms with E-state index in [1.807, 2.05) is 62.4 Å². The van der Waals surface area contributed by atoms with Crippen LogP contribution in [0.2, 0.25) is 0 Å². The van der Waals surface area contributed by atoms with E-state index in [0.717, 1.165) is 28.6 Å². The molecular weight excluding hydrogens is 340 g/mol. The van der Waals surface area contributed by atoms with Crippen LogP contribution < -0.4 is 15.2 Å². The fourth-order valence-corrected chi connectivity index (χ4v) is 3.19. The monoisotopic (exact) mass is 364 g/mol. The number of fused-ring (bicyclic) bond motifs is 1. The van der Waals surface area contributed by atoms with Crippen LogP contribution >= 0.6 is 0 Å². The number of nitrogens with zero attached hydrogens (tertiary/aromatic N) is 2. The van der Waals surface area contributed by atoms with Crippen molar-refractivity contribution in [3.8, 4) is 5.75 Å². The molecule has 0 aliphatic rings. The van der Waals surface area contributed by atoms with Gasteiger partial charge in [-0.2, -0.15) is 0 Å². The van der Waals surface area contributed by atoms with Gasteiger partial charge in [0.25, 0.3) is 11.5 Å². The molecule has 1 aromatic heterocycles. The molecule has 5 nitrogen and oxygen atoms in total. The van der Waals surface area contributed by atoms with E-state index in [0.29, 0.717) is 12.3 Å². The highest BCUT2D eigenvalue weighted by Gasteiger charge is 2.18. The molecule has 0 radical (unpaired) electrons. The second-order valence-electron chi connectivity index (χ2n) is 6.54. The largest absolute Gasteiger partial charge is 0.483 e. The molecule has 0 fully saturated rings. The lowest BCUT2D eigenvalue weighted by Crippen LogP contribution is -2.36. The molecule has 0 spiro atoms. The Bertz CT molecular complexity index is 1020. The summed E-state index contributed by atoms with van der Waals surface area (Å²) in [6.07, 6.45) is 0.842. The summed E-state index contributed by atoms with van der Waals surface area (Å²) in [5.41, 5.74) is 2.54. The van der Waals surface area contributed by atoms with Gasteiger partial charge in [-0.1, -0.05) is 37.3 Å². The first-order valence-electron chi connectivity index (χ1n) is 9.10. The first-order valence-corrected chi connectivity index (χ1v) is 9.10. The number of ether oxygens (including phenoxy) is 1. The standard InChI is InChI=1S/C22H24N2O3/c1-4-13-24(18-11-7-5-9-16(18)2)22(26)15-27-20-14-21(25)23(3)19-12-8-6-10-17(19)20/h5-12,14H,4,13,15H2,1-3H3. The van der Waals surface area contributed by atoms with Gasteiger partial charge in [-0.05, 0) is 37.1 Å². The highest BCUT2D eigenvalue weighted by atomic mass is 16.5. The highest BCUT2D eigenvalue weighted by molar-refractivity contribution is 5.95. The van der Waals surface area contributed by atoms with Gasteiger partial charge in [-0.3, -0.25) is 9.59 Å². The van der Waals surface area contributed by atoms with Crippen molar-refractivity contribution >= 4 is 22.5 Å². The van der Waals surface area contributed by atoms with Crippen LogP contribution in [0.5, 0.6) is 5.75 Å². The number of hydrogen-bond donors (Lipinski definition) is 0. The zero-order chi connectivity index (χ0) is 19.4. The number of rotatable bonds is 6. The molecule has 3 aromatic rings. The minimum atomic E-state index is -0.166. The quantitative estimate of drug-likeness (QED) is 0.671. The van der Waals surface area contributed by atoms with Crippen LogP contribution in [0.3, 0.4) is 0 Å². The van der Waals surface area contributed by atoms with Crippen LogP contribution in [-0.2, 0) is 11.8 Å². The van der Waals surface area contributed by atoms with Gasteiger partial charge >= 0.3 is 0 Å². The Labute approximate surface area is 158 Å². The van der Waals surface area contributed by atoms with Gasteiger partial charge in [-0.25, -0.2) is 0 Å². The number of carbonyl (C=O) groups is 1. The van der Waals surface area contributed by atoms with E-state index in [1.165, 1.54) is 6.07 Å². The number of hydrogen-bond acceptors (Lipinski definition) is 3. The normalized spacial score (nSPS) is 10.8. The number of amides is 1. The third kappa shape index (κ3) is 3.87. The fraction of sp³-hybridized carbons (Fsp3) is 0.273. The maximum absolute atomic E-state index is 12.9. The van der Waals surface area contributed by atoms with Crippen molar-refractivity contribution in [2.75, 3.05) is 18.1 Å². The Morgan fingerprint density at radius 2 is 1.81 bits per heavy atom. The molecule has 0 unspecified atom stereocenters. The lowest BCUT2D eigenvalue weighted by molar-refractivity contribution is -0.120. The van der Waals surface area contributed by atoms with E-state index >= 15 is 0 Å². The summed E-state index contributed by atoms with van der Waals surface area (Å²) in [7, 11) is 1.72. The van der Waals surface area contributed by atoms with E-state index in [4.69, 9.17) is 4.74 Å². The van der Waals surface area contributed by atoms with Gasteiger partial charge in [0.1, 0.15) is 5.75 Å². The average Bonchev–Trinajstić information content (AvgIpc) is 2.68. The van der Waals surface area contributed by atoms with Crippen molar-refractivity contribution in [1.82, 2.24) is 4.57 Å². The molecule has 0 saturated carbocycles. The van der Waals surface area contributed by atoms with Gasteiger partial charge in [-0.15, -0.1) is 0 Å². The topological polar surface area (TPSA) is 51.5 Å². The lowest BCUT2D eigenvalue weighted by Gasteiger charge is -2.24. The number of aryl methyl sites for hydroxylation is 2. The van der Waals surface area contributed by atoms with E-state index in [9.17, 15) is 9.59 Å². The molecule has 0 N–H and O–H groups in total. The molecule has 5 heteroatoms. The molecule has 0 aliphatic heterocycles. The van der Waals surface area contributed by atoms with Crippen molar-refractivity contribution in [1.29, 1.82) is 0 Å². The van der Waals surface area contributed by atoms with Crippen LogP contribution in [0.4, 0.5) is 5.69 Å². The molecule has 1 amide bonds. The van der Waals surface area contributed by atoms with E-state index in [-0.39, 0.29) is 18.1 Å². The smallest absolute Gasteiger partial charge is 0.264 e. The zero-order valence-corrected chi connectivity index (χ0v) is 15.9. The average molecular weight is 364 g/mol. The molecule has 1 heterocycles. The summed E-state index contributed by atoms with van der Waals surface area (Å²) in [5.74, 6) is 0.305. The number of pyridine rings is 1. The van der Waals surface area contributed by atoms with Gasteiger partial charge in [0, 0.05) is 30.7 Å². The first-order chi connectivity index (χ1) is 13.0. The fourth-order valence-electron chi connectivity index (χ4n) is 3.19. The van der Waals surface area contributed by atoms with Crippen LogP contribution in [0.25, 0.3) is 10.9 Å². The van der Waals surface area contributed by atoms with Gasteiger partial charge in [0.15, 0.2) is 6.61 Å². The van der Waals surface area contributed by atoms with Crippen LogP contribution in [0.1, 0.15) is 18.9 Å². The maximum Gasteiger partial charge on any atom is 0.264 e. The van der Waals surface area contributed by atoms with Crippen molar-refractivity contribution in [2.45, 2.75) is 20.3 Å². The van der Waals surface area contributed by atoms with Crippen LogP contribution in [0.15, 0.2) is 59.4 Å². The first kappa shape index (κ1) is 18.7. The zero-order valence-electron chi connectivity index (χ0n) is 15.9. The Balaban J connectivity index is 1.86. The predicted octanol–water partition coefficient (Wildman–Crippen LogP) is 3.67. The van der Waals surface area contributed by atoms with E-state index in [2.05, 4.69) is 0 Å². The summed E-state index contributed by atoms with van der Waals surface area (Å²) in [5, 5.41) is 0.810. The van der Waals surface area contributed by atoms with Crippen LogP contribution in [0, 0.1) is 6.92 Å². The third-order valence-electron chi connectivity index (χ3n) is 4.62. The Morgan fingerprint density at radius 3 is 2.56 bits per heavy atom. The number of anilines is 1. The second kappa shape index (κ2) is 8.08. The number of para-hydroxylation sites is 2. The summed E-state index contributed by atoms with van der Waals surface area (Å²) in [6, 6.07) is 16.8. The highest BCUT2D eigenvalue weighted by Crippen LogP contribution is 2.24. The molecule has 0 saturated heterocycles. The Morgan fingerprint density at radius 1 is 1.11 bits per heavy atom. The van der Waals surface area contributed by atoms with Crippen LogP contribution in [-0.4, -0.2) is 23.6 Å². The molecule has 0 aliphatic carbocycles. The van der Waals surface area contributed by atoms with Crippen molar-refractivity contribution in [3.05, 3.63) is 70.5 Å². The summed E-state index contributed by atoms with van der Waals surface area (Å²) >= 11 is 0. The minimum Gasteiger partial charge on any atom is -0.483 e.